The van der Waals surface area contributed by atoms with Crippen molar-refractivity contribution in [3.8, 4) is 0 Å². The maximum atomic E-state index is 11.6. The van der Waals surface area contributed by atoms with Crippen LogP contribution in [0, 0.1) is 0 Å². The Morgan fingerprint density at radius 3 is 2.20 bits per heavy atom. The number of aromatic nitrogens is 3. The Morgan fingerprint density at radius 1 is 0.800 bits per heavy atom. The molecule has 1 unspecified atom stereocenters. The quantitative estimate of drug-likeness (QED) is 0.619. The van der Waals surface area contributed by atoms with Crippen molar-refractivity contribution < 1.29 is 5.11 Å². The van der Waals surface area contributed by atoms with Crippen LogP contribution >= 0.6 is 0 Å². The molecule has 1 atom stereocenters. The van der Waals surface area contributed by atoms with Gasteiger partial charge in [-0.2, -0.15) is 0 Å². The van der Waals surface area contributed by atoms with Crippen molar-refractivity contribution in [2.45, 2.75) is 5.72 Å². The summed E-state index contributed by atoms with van der Waals surface area (Å²) in [5.41, 5.74) is 1.79. The first kappa shape index (κ1) is 15.3. The van der Waals surface area contributed by atoms with E-state index in [1.165, 1.54) is 0 Å². The number of nitrogens with zero attached hydrogens (tertiary/aromatic N) is 3. The molecule has 3 aromatic carbocycles. The van der Waals surface area contributed by atoms with Crippen LogP contribution in [0.4, 0.5) is 0 Å². The molecule has 122 valence electrons. The molecule has 0 saturated heterocycles. The van der Waals surface area contributed by atoms with E-state index in [0.717, 1.165) is 22.2 Å². The van der Waals surface area contributed by atoms with Crippen LogP contribution in [-0.2, 0) is 5.72 Å². The van der Waals surface area contributed by atoms with Crippen molar-refractivity contribution in [3.05, 3.63) is 102 Å². The minimum atomic E-state index is -1.44. The molecule has 1 heterocycles. The topological polar surface area (TPSA) is 50.9 Å². The van der Waals surface area contributed by atoms with Crippen molar-refractivity contribution in [2.24, 2.45) is 0 Å². The van der Waals surface area contributed by atoms with Gasteiger partial charge < -0.3 is 5.11 Å². The van der Waals surface area contributed by atoms with Gasteiger partial charge in [0.25, 0.3) is 0 Å². The molecule has 0 aliphatic rings. The summed E-state index contributed by atoms with van der Waals surface area (Å²) in [7, 11) is 0. The maximum Gasteiger partial charge on any atom is 0.206 e. The van der Waals surface area contributed by atoms with Crippen molar-refractivity contribution in [3.63, 3.8) is 0 Å². The van der Waals surface area contributed by atoms with Crippen LogP contribution in [-0.4, -0.2) is 20.1 Å². The molecule has 4 heteroatoms. The van der Waals surface area contributed by atoms with Gasteiger partial charge >= 0.3 is 0 Å². The minimum Gasteiger partial charge on any atom is -0.362 e. The van der Waals surface area contributed by atoms with E-state index >= 15 is 0 Å². The van der Waals surface area contributed by atoms with Gasteiger partial charge in [0.1, 0.15) is 5.52 Å². The summed E-state index contributed by atoms with van der Waals surface area (Å²) in [4.78, 5) is 0. The highest BCUT2D eigenvalue weighted by atomic mass is 16.3. The van der Waals surface area contributed by atoms with Crippen LogP contribution in [0.2, 0.25) is 0 Å². The number of rotatable bonds is 4. The van der Waals surface area contributed by atoms with Crippen molar-refractivity contribution in [1.82, 2.24) is 15.0 Å². The summed E-state index contributed by atoms with van der Waals surface area (Å²) in [5, 5.41) is 20.0. The third-order valence-corrected chi connectivity index (χ3v) is 4.18. The highest BCUT2D eigenvalue weighted by Crippen LogP contribution is 2.28. The molecular weight excluding hydrogens is 310 g/mol. The maximum absolute atomic E-state index is 11.6. The molecule has 0 aliphatic heterocycles. The van der Waals surface area contributed by atoms with Gasteiger partial charge in [0.2, 0.25) is 5.72 Å². The van der Waals surface area contributed by atoms with Crippen LogP contribution < -0.4 is 0 Å². The zero-order chi connectivity index (χ0) is 17.1. The fourth-order valence-corrected chi connectivity index (χ4v) is 2.87. The van der Waals surface area contributed by atoms with E-state index in [4.69, 9.17) is 0 Å². The Bertz CT molecular complexity index is 1010. The molecule has 4 aromatic rings. The molecule has 4 rings (SSSR count). The van der Waals surface area contributed by atoms with E-state index in [1.807, 2.05) is 91.0 Å². The van der Waals surface area contributed by atoms with Gasteiger partial charge in [-0.1, -0.05) is 84.1 Å². The average molecular weight is 327 g/mol. The normalized spacial score (nSPS) is 14.0. The lowest BCUT2D eigenvalue weighted by atomic mass is 10.0. The zero-order valence-electron chi connectivity index (χ0n) is 13.5. The molecule has 4 nitrogen and oxygen atoms in total. The lowest BCUT2D eigenvalue weighted by molar-refractivity contribution is 0.0476. The van der Waals surface area contributed by atoms with Crippen molar-refractivity contribution in [2.75, 3.05) is 0 Å². The Morgan fingerprint density at radius 2 is 1.44 bits per heavy atom. The zero-order valence-corrected chi connectivity index (χ0v) is 13.5. The molecule has 0 spiro atoms. The fourth-order valence-electron chi connectivity index (χ4n) is 2.87. The van der Waals surface area contributed by atoms with Crippen LogP contribution in [0.1, 0.15) is 11.1 Å². The Labute approximate surface area is 145 Å². The largest absolute Gasteiger partial charge is 0.362 e. The van der Waals surface area contributed by atoms with Gasteiger partial charge in [0, 0.05) is 5.56 Å². The third kappa shape index (κ3) is 2.84. The van der Waals surface area contributed by atoms with Crippen LogP contribution in [0.5, 0.6) is 0 Å². The standard InChI is InChI=1S/C21H17N3O/c25-21(18-11-5-2-6-12-18,16-15-17-9-3-1-4-10-17)24-20-14-8-7-13-19(20)22-23-24/h1-16,25H/b16-15+. The Hall–Kier alpha value is -3.24. The molecule has 1 N–H and O–H groups in total. The lowest BCUT2D eigenvalue weighted by Gasteiger charge is -2.26. The molecule has 0 amide bonds. The predicted molar refractivity (Wildman–Crippen MR) is 98.7 cm³/mol. The molecular formula is C21H17N3O. The first-order valence-electron chi connectivity index (χ1n) is 8.10. The summed E-state index contributed by atoms with van der Waals surface area (Å²) in [5.74, 6) is 0. The second-order valence-corrected chi connectivity index (χ2v) is 5.83. The van der Waals surface area contributed by atoms with Gasteiger partial charge in [-0.05, 0) is 23.8 Å². The number of benzene rings is 3. The van der Waals surface area contributed by atoms with Crippen molar-refractivity contribution in [1.29, 1.82) is 0 Å². The Balaban J connectivity index is 1.89. The van der Waals surface area contributed by atoms with E-state index in [1.54, 1.807) is 10.8 Å². The third-order valence-electron chi connectivity index (χ3n) is 4.18. The monoisotopic (exact) mass is 327 g/mol. The molecule has 25 heavy (non-hydrogen) atoms. The van der Waals surface area contributed by atoms with Gasteiger partial charge in [-0.15, -0.1) is 5.10 Å². The SMILES string of the molecule is OC(/C=C/c1ccccc1)(c1ccccc1)n1nnc2ccccc21. The second-order valence-electron chi connectivity index (χ2n) is 5.83. The van der Waals surface area contributed by atoms with Gasteiger partial charge in [0.05, 0.1) is 5.52 Å². The van der Waals surface area contributed by atoms with Crippen molar-refractivity contribution >= 4 is 17.1 Å². The molecule has 0 fully saturated rings. The van der Waals surface area contributed by atoms with Gasteiger partial charge in [0.15, 0.2) is 0 Å². The van der Waals surface area contributed by atoms with E-state index in [-0.39, 0.29) is 0 Å². The van der Waals surface area contributed by atoms with E-state index in [2.05, 4.69) is 10.3 Å². The summed E-state index contributed by atoms with van der Waals surface area (Å²) >= 11 is 0. The van der Waals surface area contributed by atoms with E-state index < -0.39 is 5.72 Å². The summed E-state index contributed by atoms with van der Waals surface area (Å²) < 4.78 is 1.55. The fraction of sp³-hybridized carbons (Fsp3) is 0.0476. The summed E-state index contributed by atoms with van der Waals surface area (Å²) in [6.45, 7) is 0. The first-order valence-corrected chi connectivity index (χ1v) is 8.10. The number of para-hydroxylation sites is 1. The van der Waals surface area contributed by atoms with E-state index in [9.17, 15) is 5.11 Å². The van der Waals surface area contributed by atoms with Crippen LogP contribution in [0.15, 0.2) is 91.0 Å². The second kappa shape index (κ2) is 6.34. The van der Waals surface area contributed by atoms with Gasteiger partial charge in [-0.3, -0.25) is 0 Å². The summed E-state index contributed by atoms with van der Waals surface area (Å²) in [6.07, 6.45) is 3.64. The molecule has 1 aromatic heterocycles. The number of hydrogen-bond acceptors (Lipinski definition) is 3. The number of fused-ring (bicyclic) bond motifs is 1. The first-order chi connectivity index (χ1) is 12.3. The van der Waals surface area contributed by atoms with Crippen LogP contribution in [0.3, 0.4) is 0 Å². The smallest absolute Gasteiger partial charge is 0.206 e. The average Bonchev–Trinajstić information content (AvgIpc) is 3.12. The molecule has 0 bridgehead atoms. The van der Waals surface area contributed by atoms with Crippen LogP contribution in [0.25, 0.3) is 17.1 Å². The van der Waals surface area contributed by atoms with E-state index in [0.29, 0.717) is 0 Å². The molecule has 0 aliphatic carbocycles. The lowest BCUT2D eigenvalue weighted by Crippen LogP contribution is -2.33. The Kier molecular flexibility index (Phi) is 3.88. The highest BCUT2D eigenvalue weighted by molar-refractivity contribution is 5.74. The number of aliphatic hydroxyl groups is 1. The minimum absolute atomic E-state index is 0.720. The summed E-state index contributed by atoms with van der Waals surface area (Å²) in [6, 6.07) is 26.9. The predicted octanol–water partition coefficient (Wildman–Crippen LogP) is 3.84. The molecule has 0 saturated carbocycles. The van der Waals surface area contributed by atoms with Gasteiger partial charge in [-0.25, -0.2) is 4.68 Å². The number of hydrogen-bond donors (Lipinski definition) is 1. The molecule has 0 radical (unpaired) electrons. The highest BCUT2D eigenvalue weighted by Gasteiger charge is 2.31.